The molecule has 2 aromatic rings. The number of benzene rings is 1. The van der Waals surface area contributed by atoms with Crippen molar-refractivity contribution in [3.8, 4) is 0 Å². The van der Waals surface area contributed by atoms with E-state index in [0.717, 1.165) is 37.9 Å². The van der Waals surface area contributed by atoms with Gasteiger partial charge in [0.15, 0.2) is 0 Å². The van der Waals surface area contributed by atoms with Crippen molar-refractivity contribution in [2.24, 2.45) is 5.92 Å². The van der Waals surface area contributed by atoms with Crippen LogP contribution in [0.3, 0.4) is 0 Å². The molecule has 1 aromatic heterocycles. The van der Waals surface area contributed by atoms with E-state index in [1.165, 1.54) is 18.3 Å². The lowest BCUT2D eigenvalue weighted by Crippen LogP contribution is -2.39. The predicted molar refractivity (Wildman–Crippen MR) is 87.4 cm³/mol. The van der Waals surface area contributed by atoms with Crippen molar-refractivity contribution in [1.82, 2.24) is 9.88 Å². The number of pyridine rings is 1. The van der Waals surface area contributed by atoms with E-state index < -0.39 is 0 Å². The summed E-state index contributed by atoms with van der Waals surface area (Å²) in [6, 6.07) is 10.0. The molecule has 2 N–H and O–H groups in total. The quantitative estimate of drug-likeness (QED) is 0.948. The summed E-state index contributed by atoms with van der Waals surface area (Å²) in [5.74, 6) is 0.762. The Morgan fingerprint density at radius 1 is 1.17 bits per heavy atom. The second-order valence-corrected chi connectivity index (χ2v) is 6.04. The number of halogens is 1. The van der Waals surface area contributed by atoms with Gasteiger partial charge in [-0.1, -0.05) is 12.1 Å². The van der Waals surface area contributed by atoms with E-state index in [-0.39, 0.29) is 11.7 Å². The van der Waals surface area contributed by atoms with E-state index in [4.69, 9.17) is 5.73 Å². The fourth-order valence-electron chi connectivity index (χ4n) is 3.01. The molecule has 1 aromatic carbocycles. The van der Waals surface area contributed by atoms with Gasteiger partial charge in [0.25, 0.3) is 5.91 Å². The number of nitrogens with zero attached hydrogens (tertiary/aromatic N) is 2. The van der Waals surface area contributed by atoms with Crippen LogP contribution in [0, 0.1) is 11.7 Å². The van der Waals surface area contributed by atoms with Gasteiger partial charge in [-0.25, -0.2) is 9.37 Å². The Bertz CT molecular complexity index is 662. The average Bonchev–Trinajstić information content (AvgIpc) is 2.58. The van der Waals surface area contributed by atoms with Crippen LogP contribution in [0.2, 0.25) is 0 Å². The molecule has 4 nitrogen and oxygen atoms in total. The minimum atomic E-state index is -0.203. The molecule has 1 fully saturated rings. The number of anilines is 1. The van der Waals surface area contributed by atoms with Crippen LogP contribution in [0.1, 0.15) is 28.8 Å². The molecule has 0 atom stereocenters. The molecule has 1 aliphatic heterocycles. The number of amides is 1. The molecule has 1 saturated heterocycles. The number of hydrogen-bond donors (Lipinski definition) is 1. The van der Waals surface area contributed by atoms with Gasteiger partial charge in [0.05, 0.1) is 5.56 Å². The van der Waals surface area contributed by atoms with Gasteiger partial charge in [0.2, 0.25) is 0 Å². The lowest BCUT2D eigenvalue weighted by atomic mass is 9.90. The summed E-state index contributed by atoms with van der Waals surface area (Å²) in [5.41, 5.74) is 7.28. The zero-order valence-corrected chi connectivity index (χ0v) is 12.9. The number of rotatable bonds is 3. The SMILES string of the molecule is Nc1ccc(C(=O)N2CCC(Cc3ccc(F)cc3)CC2)cn1. The fourth-order valence-corrected chi connectivity index (χ4v) is 3.01. The summed E-state index contributed by atoms with van der Waals surface area (Å²) in [5, 5.41) is 0. The van der Waals surface area contributed by atoms with Gasteiger partial charge in [0.1, 0.15) is 11.6 Å². The second-order valence-electron chi connectivity index (χ2n) is 6.04. The van der Waals surface area contributed by atoms with Crippen LogP contribution in [-0.4, -0.2) is 28.9 Å². The van der Waals surface area contributed by atoms with Crippen molar-refractivity contribution < 1.29 is 9.18 Å². The highest BCUT2D eigenvalue weighted by atomic mass is 19.1. The fraction of sp³-hybridized carbons (Fsp3) is 0.333. The number of piperidine rings is 1. The molecule has 2 heterocycles. The molecular weight excluding hydrogens is 293 g/mol. The smallest absolute Gasteiger partial charge is 0.255 e. The predicted octanol–water partition coefficient (Wildman–Crippen LogP) is 2.90. The van der Waals surface area contributed by atoms with E-state index in [1.54, 1.807) is 12.1 Å². The number of hydrogen-bond acceptors (Lipinski definition) is 3. The van der Waals surface area contributed by atoms with Gasteiger partial charge in [-0.15, -0.1) is 0 Å². The number of aromatic nitrogens is 1. The Morgan fingerprint density at radius 2 is 1.87 bits per heavy atom. The van der Waals surface area contributed by atoms with E-state index in [0.29, 0.717) is 17.3 Å². The molecule has 0 bridgehead atoms. The first-order chi connectivity index (χ1) is 11.1. The number of nitrogen functional groups attached to an aromatic ring is 1. The third kappa shape index (κ3) is 3.86. The number of carbonyl (C=O) groups is 1. The summed E-state index contributed by atoms with van der Waals surface area (Å²) in [7, 11) is 0. The van der Waals surface area contributed by atoms with E-state index >= 15 is 0 Å². The van der Waals surface area contributed by atoms with Crippen molar-refractivity contribution in [2.75, 3.05) is 18.8 Å². The average molecular weight is 313 g/mol. The van der Waals surface area contributed by atoms with Crippen LogP contribution in [0.4, 0.5) is 10.2 Å². The molecule has 0 radical (unpaired) electrons. The Morgan fingerprint density at radius 3 is 2.48 bits per heavy atom. The highest BCUT2D eigenvalue weighted by Gasteiger charge is 2.23. The zero-order chi connectivity index (χ0) is 16.2. The summed E-state index contributed by atoms with van der Waals surface area (Å²) in [6.07, 6.45) is 4.39. The van der Waals surface area contributed by atoms with Crippen molar-refractivity contribution in [3.63, 3.8) is 0 Å². The Balaban J connectivity index is 1.54. The Kier molecular flexibility index (Phi) is 4.55. The Labute approximate surface area is 135 Å². The third-order valence-corrected chi connectivity index (χ3v) is 4.37. The summed E-state index contributed by atoms with van der Waals surface area (Å²) in [6.45, 7) is 1.49. The van der Waals surface area contributed by atoms with E-state index in [1.807, 2.05) is 17.0 Å². The minimum Gasteiger partial charge on any atom is -0.384 e. The van der Waals surface area contributed by atoms with Crippen LogP contribution in [0.25, 0.3) is 0 Å². The molecule has 120 valence electrons. The molecule has 0 aliphatic carbocycles. The van der Waals surface area contributed by atoms with Gasteiger partial charge < -0.3 is 10.6 Å². The zero-order valence-electron chi connectivity index (χ0n) is 12.9. The number of carbonyl (C=O) groups excluding carboxylic acids is 1. The van der Waals surface area contributed by atoms with Gasteiger partial charge in [0, 0.05) is 19.3 Å². The van der Waals surface area contributed by atoms with Crippen LogP contribution in [0.15, 0.2) is 42.6 Å². The Hall–Kier alpha value is -2.43. The molecule has 23 heavy (non-hydrogen) atoms. The highest BCUT2D eigenvalue weighted by molar-refractivity contribution is 5.94. The normalized spacial score (nSPS) is 15.6. The van der Waals surface area contributed by atoms with Gasteiger partial charge in [-0.2, -0.15) is 0 Å². The summed E-state index contributed by atoms with van der Waals surface area (Å²) >= 11 is 0. The van der Waals surface area contributed by atoms with Gasteiger partial charge in [-0.3, -0.25) is 4.79 Å². The van der Waals surface area contributed by atoms with E-state index in [2.05, 4.69) is 4.98 Å². The lowest BCUT2D eigenvalue weighted by Gasteiger charge is -2.32. The number of nitrogens with two attached hydrogens (primary N) is 1. The highest BCUT2D eigenvalue weighted by Crippen LogP contribution is 2.23. The molecule has 0 unspecified atom stereocenters. The molecule has 0 spiro atoms. The van der Waals surface area contributed by atoms with Crippen LogP contribution in [-0.2, 0) is 6.42 Å². The van der Waals surface area contributed by atoms with Crippen molar-refractivity contribution in [3.05, 3.63) is 59.5 Å². The maximum atomic E-state index is 12.9. The second kappa shape index (κ2) is 6.77. The van der Waals surface area contributed by atoms with Gasteiger partial charge >= 0.3 is 0 Å². The van der Waals surface area contributed by atoms with Crippen molar-refractivity contribution in [1.29, 1.82) is 0 Å². The topological polar surface area (TPSA) is 59.2 Å². The van der Waals surface area contributed by atoms with Crippen molar-refractivity contribution in [2.45, 2.75) is 19.3 Å². The van der Waals surface area contributed by atoms with Crippen LogP contribution in [0.5, 0.6) is 0 Å². The molecule has 1 amide bonds. The monoisotopic (exact) mass is 313 g/mol. The van der Waals surface area contributed by atoms with Crippen LogP contribution < -0.4 is 5.73 Å². The third-order valence-electron chi connectivity index (χ3n) is 4.37. The largest absolute Gasteiger partial charge is 0.384 e. The standard InChI is InChI=1S/C18H20FN3O/c19-16-4-1-13(2-5-16)11-14-7-9-22(10-8-14)18(23)15-3-6-17(20)21-12-15/h1-6,12,14H,7-11H2,(H2,20,21). The maximum Gasteiger partial charge on any atom is 0.255 e. The number of likely N-dealkylation sites (tertiary alicyclic amines) is 1. The molecular formula is C18H20FN3O. The lowest BCUT2D eigenvalue weighted by molar-refractivity contribution is 0.0690. The first kappa shape index (κ1) is 15.5. The molecule has 3 rings (SSSR count). The summed E-state index contributed by atoms with van der Waals surface area (Å²) in [4.78, 5) is 18.3. The minimum absolute atomic E-state index is 0.0118. The summed E-state index contributed by atoms with van der Waals surface area (Å²) < 4.78 is 12.9. The van der Waals surface area contributed by atoms with E-state index in [9.17, 15) is 9.18 Å². The van der Waals surface area contributed by atoms with Gasteiger partial charge in [-0.05, 0) is 55.0 Å². The first-order valence-corrected chi connectivity index (χ1v) is 7.87. The first-order valence-electron chi connectivity index (χ1n) is 7.87. The van der Waals surface area contributed by atoms with Crippen molar-refractivity contribution >= 4 is 11.7 Å². The molecule has 1 aliphatic rings. The maximum absolute atomic E-state index is 12.9. The van der Waals surface area contributed by atoms with Crippen LogP contribution >= 0.6 is 0 Å². The molecule has 0 saturated carbocycles. The molecule has 5 heteroatoms.